The first kappa shape index (κ1) is 13.1. The van der Waals surface area contributed by atoms with E-state index in [4.69, 9.17) is 0 Å². The molecule has 0 saturated heterocycles. The molecule has 0 radical (unpaired) electrons. The van der Waals surface area contributed by atoms with Gasteiger partial charge in [0.2, 0.25) is 5.91 Å². The lowest BCUT2D eigenvalue weighted by Gasteiger charge is -2.20. The number of aromatic nitrogens is 1. The molecule has 98 valence electrons. The fourth-order valence-electron chi connectivity index (χ4n) is 2.58. The van der Waals surface area contributed by atoms with Crippen LogP contribution in [0.3, 0.4) is 0 Å². The Hall–Kier alpha value is -1.38. The van der Waals surface area contributed by atoms with Gasteiger partial charge in [-0.25, -0.2) is 0 Å². The van der Waals surface area contributed by atoms with E-state index in [-0.39, 0.29) is 5.91 Å². The smallest absolute Gasteiger partial charge is 0.224 e. The molecular weight excluding hydrogens is 224 g/mol. The molecule has 2 rings (SSSR count). The number of nitrogens with one attached hydrogen (secondary N) is 1. The van der Waals surface area contributed by atoms with Crippen LogP contribution in [0.1, 0.15) is 50.6 Å². The van der Waals surface area contributed by atoms with Crippen molar-refractivity contribution in [2.45, 2.75) is 51.9 Å². The topological polar surface area (TPSA) is 42.0 Å². The van der Waals surface area contributed by atoms with Crippen LogP contribution in [0, 0.1) is 12.8 Å². The molecule has 1 fully saturated rings. The number of hydrogen-bond donors (Lipinski definition) is 1. The summed E-state index contributed by atoms with van der Waals surface area (Å²) in [6, 6.07) is 3.82. The molecule has 1 aromatic heterocycles. The van der Waals surface area contributed by atoms with E-state index in [1.54, 1.807) is 6.20 Å². The van der Waals surface area contributed by atoms with Crippen molar-refractivity contribution in [3.8, 4) is 0 Å². The van der Waals surface area contributed by atoms with E-state index < -0.39 is 0 Å². The van der Waals surface area contributed by atoms with E-state index in [0.29, 0.717) is 6.42 Å². The molecule has 1 N–H and O–H groups in total. The molecule has 18 heavy (non-hydrogen) atoms. The van der Waals surface area contributed by atoms with Crippen LogP contribution in [-0.4, -0.2) is 10.9 Å². The highest BCUT2D eigenvalue weighted by atomic mass is 16.1. The van der Waals surface area contributed by atoms with Gasteiger partial charge in [-0.3, -0.25) is 9.78 Å². The van der Waals surface area contributed by atoms with Crippen LogP contribution in [0.2, 0.25) is 0 Å². The van der Waals surface area contributed by atoms with Gasteiger partial charge in [-0.05, 0) is 31.4 Å². The molecule has 0 unspecified atom stereocenters. The number of pyridine rings is 1. The lowest BCUT2D eigenvalue weighted by molar-refractivity contribution is -0.116. The molecule has 3 heteroatoms. The molecule has 3 nitrogen and oxygen atoms in total. The van der Waals surface area contributed by atoms with Gasteiger partial charge < -0.3 is 5.32 Å². The maximum atomic E-state index is 11.8. The highest BCUT2D eigenvalue weighted by molar-refractivity contribution is 5.90. The summed E-state index contributed by atoms with van der Waals surface area (Å²) < 4.78 is 0. The van der Waals surface area contributed by atoms with Crippen LogP contribution in [0.15, 0.2) is 18.3 Å². The third-order valence-electron chi connectivity index (χ3n) is 3.70. The van der Waals surface area contributed by atoms with Crippen LogP contribution < -0.4 is 5.32 Å². The molecule has 0 spiro atoms. The summed E-state index contributed by atoms with van der Waals surface area (Å²) in [4.78, 5) is 16.0. The van der Waals surface area contributed by atoms with Gasteiger partial charge in [0.25, 0.3) is 0 Å². The van der Waals surface area contributed by atoms with E-state index in [1.165, 1.54) is 32.1 Å². The highest BCUT2D eigenvalue weighted by Gasteiger charge is 2.14. The molecule has 1 aliphatic carbocycles. The Morgan fingerprint density at radius 1 is 1.33 bits per heavy atom. The fraction of sp³-hybridized carbons (Fsp3) is 0.600. The Morgan fingerprint density at radius 3 is 2.78 bits per heavy atom. The third-order valence-corrected chi connectivity index (χ3v) is 3.70. The minimum absolute atomic E-state index is 0.117. The molecule has 1 aromatic rings. The number of rotatable bonds is 4. The van der Waals surface area contributed by atoms with Crippen LogP contribution in [0.4, 0.5) is 5.69 Å². The summed E-state index contributed by atoms with van der Waals surface area (Å²) in [5.41, 5.74) is 1.77. The second-order valence-corrected chi connectivity index (χ2v) is 5.28. The predicted octanol–water partition coefficient (Wildman–Crippen LogP) is 3.69. The standard InChI is InChI=1S/C15H22N2O/c1-12-7-9-14(11-16-12)17-15(18)10-8-13-5-3-2-4-6-13/h7,9,11,13H,2-6,8,10H2,1H3,(H,17,18). The minimum atomic E-state index is 0.117. The van der Waals surface area contributed by atoms with Gasteiger partial charge in [0.05, 0.1) is 11.9 Å². The van der Waals surface area contributed by atoms with Crippen molar-refractivity contribution in [2.75, 3.05) is 5.32 Å². The first-order valence-corrected chi connectivity index (χ1v) is 6.96. The largest absolute Gasteiger partial charge is 0.325 e. The van der Waals surface area contributed by atoms with Crippen molar-refractivity contribution >= 4 is 11.6 Å². The van der Waals surface area contributed by atoms with Crippen molar-refractivity contribution in [2.24, 2.45) is 5.92 Å². The first-order chi connectivity index (χ1) is 8.74. The van der Waals surface area contributed by atoms with E-state index in [1.807, 2.05) is 19.1 Å². The predicted molar refractivity (Wildman–Crippen MR) is 73.4 cm³/mol. The molecule has 0 bridgehead atoms. The van der Waals surface area contributed by atoms with Crippen LogP contribution >= 0.6 is 0 Å². The number of hydrogen-bond acceptors (Lipinski definition) is 2. The number of carbonyl (C=O) groups excluding carboxylic acids is 1. The summed E-state index contributed by atoms with van der Waals surface area (Å²) in [5, 5.41) is 2.91. The van der Waals surface area contributed by atoms with Gasteiger partial charge in [-0.2, -0.15) is 0 Å². The van der Waals surface area contributed by atoms with Crippen molar-refractivity contribution < 1.29 is 4.79 Å². The number of aryl methyl sites for hydroxylation is 1. The van der Waals surface area contributed by atoms with Gasteiger partial charge in [-0.1, -0.05) is 32.1 Å². The van der Waals surface area contributed by atoms with Crippen LogP contribution in [0.5, 0.6) is 0 Å². The number of amides is 1. The van der Waals surface area contributed by atoms with Crippen molar-refractivity contribution in [1.82, 2.24) is 4.98 Å². The van der Waals surface area contributed by atoms with Gasteiger partial charge in [-0.15, -0.1) is 0 Å². The Kier molecular flexibility index (Phi) is 4.73. The number of carbonyl (C=O) groups is 1. The first-order valence-electron chi connectivity index (χ1n) is 6.96. The van der Waals surface area contributed by atoms with Crippen LogP contribution in [0.25, 0.3) is 0 Å². The summed E-state index contributed by atoms with van der Waals surface area (Å²) in [6.45, 7) is 1.94. The van der Waals surface area contributed by atoms with Gasteiger partial charge in [0.15, 0.2) is 0 Å². The molecule has 0 aromatic carbocycles. The second kappa shape index (κ2) is 6.53. The molecular formula is C15H22N2O. The average molecular weight is 246 g/mol. The number of nitrogens with zero attached hydrogens (tertiary/aromatic N) is 1. The fourth-order valence-corrected chi connectivity index (χ4v) is 2.58. The van der Waals surface area contributed by atoms with E-state index in [9.17, 15) is 4.79 Å². The SMILES string of the molecule is Cc1ccc(NC(=O)CCC2CCCCC2)cn1. The Balaban J connectivity index is 1.73. The molecule has 1 saturated carbocycles. The normalized spacial score (nSPS) is 16.5. The quantitative estimate of drug-likeness (QED) is 0.880. The minimum Gasteiger partial charge on any atom is -0.325 e. The third kappa shape index (κ3) is 4.13. The Bertz CT molecular complexity index is 380. The summed E-state index contributed by atoms with van der Waals surface area (Å²) in [7, 11) is 0. The van der Waals surface area contributed by atoms with E-state index in [2.05, 4.69) is 10.3 Å². The van der Waals surface area contributed by atoms with Gasteiger partial charge >= 0.3 is 0 Å². The summed E-state index contributed by atoms with van der Waals surface area (Å²) in [6.07, 6.45) is 10.1. The van der Waals surface area contributed by atoms with Gasteiger partial charge in [0, 0.05) is 12.1 Å². The zero-order valence-corrected chi connectivity index (χ0v) is 11.1. The molecule has 0 aliphatic heterocycles. The summed E-state index contributed by atoms with van der Waals surface area (Å²) >= 11 is 0. The van der Waals surface area contributed by atoms with Crippen molar-refractivity contribution in [3.05, 3.63) is 24.0 Å². The second-order valence-electron chi connectivity index (χ2n) is 5.28. The lowest BCUT2D eigenvalue weighted by Crippen LogP contribution is -2.15. The maximum Gasteiger partial charge on any atom is 0.224 e. The summed E-state index contributed by atoms with van der Waals surface area (Å²) in [5.74, 6) is 0.881. The van der Waals surface area contributed by atoms with Crippen molar-refractivity contribution in [1.29, 1.82) is 0 Å². The van der Waals surface area contributed by atoms with Crippen LogP contribution in [-0.2, 0) is 4.79 Å². The monoisotopic (exact) mass is 246 g/mol. The van der Waals surface area contributed by atoms with E-state index in [0.717, 1.165) is 23.7 Å². The zero-order chi connectivity index (χ0) is 12.8. The highest BCUT2D eigenvalue weighted by Crippen LogP contribution is 2.27. The lowest BCUT2D eigenvalue weighted by atomic mass is 9.86. The maximum absolute atomic E-state index is 11.8. The average Bonchev–Trinajstić information content (AvgIpc) is 2.40. The Labute approximate surface area is 109 Å². The van der Waals surface area contributed by atoms with Gasteiger partial charge in [0.1, 0.15) is 0 Å². The zero-order valence-electron chi connectivity index (χ0n) is 11.1. The molecule has 1 amide bonds. The Morgan fingerprint density at radius 2 is 2.11 bits per heavy atom. The van der Waals surface area contributed by atoms with Crippen molar-refractivity contribution in [3.63, 3.8) is 0 Å². The molecule has 1 aliphatic rings. The van der Waals surface area contributed by atoms with E-state index >= 15 is 0 Å². The number of anilines is 1. The molecule has 0 atom stereocenters. The molecule has 1 heterocycles.